The van der Waals surface area contributed by atoms with Crippen LogP contribution in [0.5, 0.6) is 6.01 Å². The highest BCUT2D eigenvalue weighted by Gasteiger charge is 2.11. The molecule has 5 nitrogen and oxygen atoms in total. The second kappa shape index (κ2) is 4.82. The Balaban J connectivity index is 2.21. The summed E-state index contributed by atoms with van der Waals surface area (Å²) in [5.74, 6) is 0. The van der Waals surface area contributed by atoms with Crippen molar-refractivity contribution < 1.29 is 12.6 Å². The van der Waals surface area contributed by atoms with E-state index in [0.29, 0.717) is 5.52 Å². The Labute approximate surface area is 104 Å². The summed E-state index contributed by atoms with van der Waals surface area (Å²) in [5, 5.41) is 0. The normalized spacial score (nSPS) is 14.4. The van der Waals surface area contributed by atoms with Gasteiger partial charge in [0.05, 0.1) is 28.8 Å². The first-order valence-electron chi connectivity index (χ1n) is 4.75. The molecule has 0 amide bonds. The van der Waals surface area contributed by atoms with Gasteiger partial charge in [0.25, 0.3) is 0 Å². The van der Waals surface area contributed by atoms with E-state index in [1.54, 1.807) is 6.07 Å². The zero-order valence-corrected chi connectivity index (χ0v) is 10.4. The minimum Gasteiger partial charge on any atom is -0.344 e. The number of benzene rings is 1. The lowest BCUT2D eigenvalue weighted by Gasteiger charge is -2.04. The fourth-order valence-electron chi connectivity index (χ4n) is 1.22. The maximum absolute atomic E-state index is 11.7. The predicted octanol–water partition coefficient (Wildman–Crippen LogP) is 1.72. The highest BCUT2D eigenvalue weighted by molar-refractivity contribution is 8.27. The van der Waals surface area contributed by atoms with Gasteiger partial charge in [-0.1, -0.05) is 18.2 Å². The summed E-state index contributed by atoms with van der Waals surface area (Å²) in [7, 11) is -3.28. The van der Waals surface area contributed by atoms with Gasteiger partial charge in [0.1, 0.15) is 0 Å². The van der Waals surface area contributed by atoms with Crippen molar-refractivity contribution in [3.63, 3.8) is 0 Å². The monoisotopic (exact) mass is 270 g/mol. The third-order valence-electron chi connectivity index (χ3n) is 1.88. The van der Waals surface area contributed by atoms with Gasteiger partial charge in [-0.3, -0.25) is 4.18 Å². The summed E-state index contributed by atoms with van der Waals surface area (Å²) in [6.07, 6.45) is 1.44. The van der Waals surface area contributed by atoms with E-state index in [-0.39, 0.29) is 12.6 Å². The van der Waals surface area contributed by atoms with Crippen molar-refractivity contribution in [2.24, 2.45) is 0 Å². The standard InChI is InChI=1S/C10H10N2O3S2/c1-2-7-14-17(13,16)15-10-11-8-5-3-4-6-9(8)12-10/h2-6H,1,7H2,(H,11,12). The lowest BCUT2D eigenvalue weighted by Crippen LogP contribution is -2.12. The van der Waals surface area contributed by atoms with Gasteiger partial charge in [0.15, 0.2) is 0 Å². The quantitative estimate of drug-likeness (QED) is 0.838. The fraction of sp³-hybridized carbons (Fsp3) is 0.100. The minimum absolute atomic E-state index is 0.0581. The lowest BCUT2D eigenvalue weighted by molar-refractivity contribution is 0.339. The molecule has 17 heavy (non-hydrogen) atoms. The van der Waals surface area contributed by atoms with Crippen LogP contribution in [0.2, 0.25) is 0 Å². The number of fused-ring (bicyclic) bond motifs is 1. The summed E-state index contributed by atoms with van der Waals surface area (Å²) in [6.45, 7) is 3.49. The Hall–Kier alpha value is -1.44. The van der Waals surface area contributed by atoms with E-state index < -0.39 is 9.05 Å². The SMILES string of the molecule is C=CCOS(=O)(=S)Oc1nc2ccccc2[nH]1. The molecule has 7 heteroatoms. The van der Waals surface area contributed by atoms with Crippen LogP contribution in [0.4, 0.5) is 0 Å². The van der Waals surface area contributed by atoms with E-state index in [9.17, 15) is 4.21 Å². The van der Waals surface area contributed by atoms with Crippen LogP contribution in [0.25, 0.3) is 11.0 Å². The van der Waals surface area contributed by atoms with E-state index in [2.05, 4.69) is 27.7 Å². The Bertz CT molecular complexity index is 601. The van der Waals surface area contributed by atoms with E-state index in [1.807, 2.05) is 18.2 Å². The number of imidazole rings is 1. The van der Waals surface area contributed by atoms with E-state index in [1.165, 1.54) is 6.08 Å². The number of hydrogen-bond donors (Lipinski definition) is 1. The van der Waals surface area contributed by atoms with Crippen molar-refractivity contribution in [2.75, 3.05) is 6.61 Å². The Kier molecular flexibility index (Phi) is 3.41. The largest absolute Gasteiger partial charge is 0.344 e. The van der Waals surface area contributed by atoms with Crippen LogP contribution in [0.1, 0.15) is 0 Å². The van der Waals surface area contributed by atoms with Crippen LogP contribution >= 0.6 is 0 Å². The van der Waals surface area contributed by atoms with Gasteiger partial charge < -0.3 is 9.17 Å². The number of H-pyrrole nitrogens is 1. The average Bonchev–Trinajstić information content (AvgIpc) is 2.67. The number of nitrogens with one attached hydrogen (secondary N) is 1. The minimum atomic E-state index is -3.28. The summed E-state index contributed by atoms with van der Waals surface area (Å²) >= 11 is 4.67. The van der Waals surface area contributed by atoms with Gasteiger partial charge in [-0.25, -0.2) is 0 Å². The summed E-state index contributed by atoms with van der Waals surface area (Å²) in [5.41, 5.74) is 1.48. The third-order valence-corrected chi connectivity index (χ3v) is 3.16. The Morgan fingerprint density at radius 1 is 1.53 bits per heavy atom. The van der Waals surface area contributed by atoms with Crippen molar-refractivity contribution >= 4 is 31.3 Å². The molecule has 0 saturated carbocycles. The molecule has 0 bridgehead atoms. The van der Waals surface area contributed by atoms with Gasteiger partial charge in [-0.2, -0.15) is 9.19 Å². The number of nitrogens with zero attached hydrogens (tertiary/aromatic N) is 1. The number of rotatable bonds is 5. The predicted molar refractivity (Wildman–Crippen MR) is 68.4 cm³/mol. The van der Waals surface area contributed by atoms with Crippen LogP contribution < -0.4 is 4.18 Å². The molecule has 0 fully saturated rings. The van der Waals surface area contributed by atoms with E-state index in [0.717, 1.165) is 5.52 Å². The lowest BCUT2D eigenvalue weighted by atomic mass is 10.3. The van der Waals surface area contributed by atoms with E-state index in [4.69, 9.17) is 8.37 Å². The molecule has 1 aromatic heterocycles. The number of para-hydroxylation sites is 2. The topological polar surface area (TPSA) is 64.2 Å². The number of aromatic nitrogens is 2. The molecule has 1 atom stereocenters. The van der Waals surface area contributed by atoms with Gasteiger partial charge in [0.2, 0.25) is 0 Å². The number of aromatic amines is 1. The first-order valence-corrected chi connectivity index (χ1v) is 7.08. The molecule has 1 heterocycles. The summed E-state index contributed by atoms with van der Waals surface area (Å²) < 4.78 is 21.5. The molecule has 90 valence electrons. The Morgan fingerprint density at radius 3 is 3.00 bits per heavy atom. The zero-order chi connectivity index (χ0) is 12.3. The smallest absolute Gasteiger partial charge is 0.317 e. The molecule has 0 aliphatic rings. The number of hydrogen-bond acceptors (Lipinski definition) is 5. The summed E-state index contributed by atoms with van der Waals surface area (Å²) in [4.78, 5) is 6.92. The first-order chi connectivity index (χ1) is 8.11. The maximum atomic E-state index is 11.7. The molecular formula is C10H10N2O3S2. The zero-order valence-electron chi connectivity index (χ0n) is 8.79. The van der Waals surface area contributed by atoms with Gasteiger partial charge in [0, 0.05) is 0 Å². The van der Waals surface area contributed by atoms with Crippen LogP contribution in [0.15, 0.2) is 36.9 Å². The molecule has 0 aliphatic heterocycles. The first kappa shape index (κ1) is 12.0. The molecule has 0 spiro atoms. The fourth-order valence-corrected chi connectivity index (χ4v) is 2.16. The molecule has 0 saturated heterocycles. The second-order valence-electron chi connectivity index (χ2n) is 3.12. The van der Waals surface area contributed by atoms with Crippen molar-refractivity contribution in [3.05, 3.63) is 36.9 Å². The molecule has 2 rings (SSSR count). The van der Waals surface area contributed by atoms with Crippen molar-refractivity contribution in [2.45, 2.75) is 0 Å². The molecule has 1 unspecified atom stereocenters. The molecular weight excluding hydrogens is 260 g/mol. The van der Waals surface area contributed by atoms with Crippen LogP contribution in [0.3, 0.4) is 0 Å². The van der Waals surface area contributed by atoms with Crippen molar-refractivity contribution in [1.82, 2.24) is 9.97 Å². The molecule has 1 N–H and O–H groups in total. The van der Waals surface area contributed by atoms with E-state index >= 15 is 0 Å². The van der Waals surface area contributed by atoms with Crippen LogP contribution in [0, 0.1) is 0 Å². The molecule has 0 aliphatic carbocycles. The maximum Gasteiger partial charge on any atom is 0.317 e. The van der Waals surface area contributed by atoms with Gasteiger partial charge >= 0.3 is 15.1 Å². The Morgan fingerprint density at radius 2 is 2.29 bits per heavy atom. The summed E-state index contributed by atoms with van der Waals surface area (Å²) in [6, 6.07) is 7.39. The van der Waals surface area contributed by atoms with Crippen LogP contribution in [-0.2, 0) is 24.4 Å². The highest BCUT2D eigenvalue weighted by atomic mass is 32.9. The van der Waals surface area contributed by atoms with Crippen molar-refractivity contribution in [1.29, 1.82) is 0 Å². The van der Waals surface area contributed by atoms with Gasteiger partial charge in [-0.15, -0.1) is 6.58 Å². The van der Waals surface area contributed by atoms with Gasteiger partial charge in [-0.05, 0) is 12.1 Å². The highest BCUT2D eigenvalue weighted by Crippen LogP contribution is 2.16. The third kappa shape index (κ3) is 3.02. The molecule has 1 aromatic carbocycles. The van der Waals surface area contributed by atoms with Crippen molar-refractivity contribution in [3.8, 4) is 6.01 Å². The molecule has 0 radical (unpaired) electrons. The van der Waals surface area contributed by atoms with Crippen LogP contribution in [-0.4, -0.2) is 20.8 Å². The molecule has 2 aromatic rings. The second-order valence-corrected chi connectivity index (χ2v) is 5.57. The average molecular weight is 270 g/mol.